The number of fused-ring (bicyclic) bond motifs is 2. The smallest absolute Gasteiger partial charge is 0.266 e. The Balaban J connectivity index is 1.76. The fraction of sp³-hybridized carbons (Fsp3) is 0.296. The lowest BCUT2D eigenvalue weighted by molar-refractivity contribution is -0.144. The summed E-state index contributed by atoms with van der Waals surface area (Å²) >= 11 is 0. The number of amides is 3. The van der Waals surface area contributed by atoms with E-state index in [4.69, 9.17) is 0 Å². The number of nitrogens with one attached hydrogen (secondary N) is 5. The number of hydrazine groups is 2. The Bertz CT molecular complexity index is 1350. The van der Waals surface area contributed by atoms with Crippen LogP contribution in [0.4, 0.5) is 5.69 Å². The summed E-state index contributed by atoms with van der Waals surface area (Å²) in [5, 5.41) is 4.12. The van der Waals surface area contributed by atoms with Crippen molar-refractivity contribution in [2.75, 3.05) is 5.32 Å². The zero-order valence-corrected chi connectivity index (χ0v) is 23.8. The SMILES string of the molecule is CC(C)[C@@H]1NN([C@H](C)C=O)C(=O)[C@H](Cc2cnc[nH]2)NNC(=O)c2ccccc2SSc2ccccc2NC1=O. The van der Waals surface area contributed by atoms with Crippen LogP contribution in [0.3, 0.4) is 0 Å². The quantitative estimate of drug-likeness (QED) is 0.227. The van der Waals surface area contributed by atoms with Crippen LogP contribution in [0.15, 0.2) is 70.8 Å². The third-order valence-electron chi connectivity index (χ3n) is 6.20. The van der Waals surface area contributed by atoms with Crippen molar-refractivity contribution in [1.29, 1.82) is 0 Å². The number of H-pyrrole nitrogens is 1. The van der Waals surface area contributed by atoms with Crippen molar-refractivity contribution in [1.82, 2.24) is 31.3 Å². The summed E-state index contributed by atoms with van der Waals surface area (Å²) in [6.45, 7) is 5.24. The summed E-state index contributed by atoms with van der Waals surface area (Å²) in [6.07, 6.45) is 3.80. The molecule has 40 heavy (non-hydrogen) atoms. The molecule has 0 fully saturated rings. The van der Waals surface area contributed by atoms with Gasteiger partial charge in [-0.1, -0.05) is 59.7 Å². The zero-order valence-electron chi connectivity index (χ0n) is 22.2. The van der Waals surface area contributed by atoms with Gasteiger partial charge in [-0.05, 0) is 37.1 Å². The largest absolute Gasteiger partial charge is 0.348 e. The molecule has 13 heteroatoms. The maximum Gasteiger partial charge on any atom is 0.266 e. The van der Waals surface area contributed by atoms with Crippen molar-refractivity contribution in [3.05, 3.63) is 72.3 Å². The Morgan fingerprint density at radius 3 is 2.40 bits per heavy atom. The number of nitrogens with zero attached hydrogens (tertiary/aromatic N) is 2. The molecule has 1 aliphatic rings. The topological polar surface area (TPSA) is 148 Å². The molecule has 3 atom stereocenters. The minimum Gasteiger partial charge on any atom is -0.348 e. The molecule has 210 valence electrons. The summed E-state index contributed by atoms with van der Waals surface area (Å²) in [4.78, 5) is 61.1. The van der Waals surface area contributed by atoms with E-state index in [-0.39, 0.29) is 18.2 Å². The first kappa shape index (κ1) is 29.3. The van der Waals surface area contributed by atoms with Crippen LogP contribution < -0.4 is 21.6 Å². The monoisotopic (exact) mass is 581 g/mol. The molecule has 5 N–H and O–H groups in total. The maximum atomic E-state index is 13.9. The molecule has 4 rings (SSSR count). The fourth-order valence-corrected chi connectivity index (χ4v) is 6.29. The Morgan fingerprint density at radius 2 is 1.70 bits per heavy atom. The minimum atomic E-state index is -1.00. The predicted octanol–water partition coefficient (Wildman–Crippen LogP) is 2.95. The van der Waals surface area contributed by atoms with Crippen molar-refractivity contribution in [3.63, 3.8) is 0 Å². The first-order valence-corrected chi connectivity index (χ1v) is 14.8. The molecule has 1 aromatic heterocycles. The van der Waals surface area contributed by atoms with Crippen molar-refractivity contribution >= 4 is 51.3 Å². The average molecular weight is 582 g/mol. The van der Waals surface area contributed by atoms with E-state index in [1.165, 1.54) is 27.9 Å². The van der Waals surface area contributed by atoms with Gasteiger partial charge in [0.1, 0.15) is 24.4 Å². The Labute approximate surface area is 240 Å². The van der Waals surface area contributed by atoms with Gasteiger partial charge in [-0.2, -0.15) is 0 Å². The van der Waals surface area contributed by atoms with Gasteiger partial charge in [-0.3, -0.25) is 24.8 Å². The van der Waals surface area contributed by atoms with Crippen molar-refractivity contribution in [3.8, 4) is 0 Å². The number of anilines is 1. The maximum absolute atomic E-state index is 13.9. The van der Waals surface area contributed by atoms with Crippen LogP contribution in [0.5, 0.6) is 0 Å². The number of aromatic nitrogens is 2. The van der Waals surface area contributed by atoms with Crippen LogP contribution >= 0.6 is 21.6 Å². The lowest BCUT2D eigenvalue weighted by atomic mass is 10.0. The Hall–Kier alpha value is -3.65. The van der Waals surface area contributed by atoms with Gasteiger partial charge in [-0.25, -0.2) is 15.8 Å². The fourth-order valence-electron chi connectivity index (χ4n) is 3.98. The van der Waals surface area contributed by atoms with E-state index in [0.29, 0.717) is 28.1 Å². The van der Waals surface area contributed by atoms with E-state index in [9.17, 15) is 19.2 Å². The summed E-state index contributed by atoms with van der Waals surface area (Å²) < 4.78 is 0. The number of carbonyl (C=O) groups is 4. The molecule has 1 aliphatic heterocycles. The average Bonchev–Trinajstić information content (AvgIpc) is 3.47. The zero-order chi connectivity index (χ0) is 28.6. The third kappa shape index (κ3) is 7.10. The Morgan fingerprint density at radius 1 is 1.00 bits per heavy atom. The molecule has 0 saturated heterocycles. The minimum absolute atomic E-state index is 0.126. The van der Waals surface area contributed by atoms with E-state index in [0.717, 1.165) is 9.90 Å². The van der Waals surface area contributed by atoms with E-state index >= 15 is 0 Å². The predicted molar refractivity (Wildman–Crippen MR) is 154 cm³/mol. The molecular weight excluding hydrogens is 550 g/mol. The molecule has 2 heterocycles. The van der Waals surface area contributed by atoms with Crippen molar-refractivity contribution in [2.45, 2.75) is 55.1 Å². The normalized spacial score (nSPS) is 19.8. The van der Waals surface area contributed by atoms with Gasteiger partial charge in [0, 0.05) is 28.1 Å². The summed E-state index contributed by atoms with van der Waals surface area (Å²) in [5.41, 5.74) is 10.1. The first-order chi connectivity index (χ1) is 19.3. The van der Waals surface area contributed by atoms with Crippen LogP contribution in [-0.2, 0) is 20.8 Å². The third-order valence-corrected chi connectivity index (χ3v) is 8.69. The van der Waals surface area contributed by atoms with Crippen LogP contribution in [0.2, 0.25) is 0 Å². The summed E-state index contributed by atoms with van der Waals surface area (Å²) in [6, 6.07) is 11.7. The number of hydrogen-bond donors (Lipinski definition) is 5. The molecule has 0 aliphatic carbocycles. The number of para-hydroxylation sites is 1. The molecule has 0 bridgehead atoms. The van der Waals surface area contributed by atoms with Gasteiger partial charge < -0.3 is 15.1 Å². The highest BCUT2D eigenvalue weighted by Gasteiger charge is 2.34. The van der Waals surface area contributed by atoms with Gasteiger partial charge in [0.05, 0.1) is 17.6 Å². The standard InChI is InChI=1S/C27H31N7O4S2/c1-16(2)24-26(37)30-20-9-5-7-11-23(20)40-39-22-10-6-4-8-19(22)25(36)32-31-21(12-18-13-28-15-29-18)27(38)34(33-24)17(3)14-35/h4-11,13-17,21,24,31,33H,12H2,1-3H3,(H,28,29)(H,30,37)(H,32,36)/t17-,21+,24+/m1/s1. The molecule has 3 aromatic rings. The van der Waals surface area contributed by atoms with E-state index < -0.39 is 29.9 Å². The highest BCUT2D eigenvalue weighted by atomic mass is 33.1. The molecule has 0 unspecified atom stereocenters. The van der Waals surface area contributed by atoms with Crippen molar-refractivity contribution in [2.24, 2.45) is 5.92 Å². The number of aldehydes is 1. The van der Waals surface area contributed by atoms with Gasteiger partial charge in [-0.15, -0.1) is 0 Å². The molecule has 0 saturated carbocycles. The Kier molecular flexibility index (Phi) is 9.98. The lowest BCUT2D eigenvalue weighted by Gasteiger charge is -2.35. The van der Waals surface area contributed by atoms with Crippen molar-refractivity contribution < 1.29 is 19.2 Å². The van der Waals surface area contributed by atoms with Gasteiger partial charge in [0.15, 0.2) is 0 Å². The second-order valence-corrected chi connectivity index (χ2v) is 11.7. The van der Waals surface area contributed by atoms with Crippen LogP contribution in [0.1, 0.15) is 36.8 Å². The lowest BCUT2D eigenvalue weighted by Crippen LogP contribution is -2.63. The second kappa shape index (κ2) is 13.6. The van der Waals surface area contributed by atoms with E-state index in [1.807, 2.05) is 44.2 Å². The van der Waals surface area contributed by atoms with E-state index in [2.05, 4.69) is 31.6 Å². The summed E-state index contributed by atoms with van der Waals surface area (Å²) in [5.74, 6) is -1.57. The van der Waals surface area contributed by atoms with E-state index in [1.54, 1.807) is 31.3 Å². The number of rotatable bonds is 5. The molecule has 0 spiro atoms. The van der Waals surface area contributed by atoms with Gasteiger partial charge in [0.2, 0.25) is 5.91 Å². The molecule has 11 nitrogen and oxygen atoms in total. The number of hydrogen-bond acceptors (Lipinski definition) is 9. The van der Waals surface area contributed by atoms with Crippen LogP contribution in [0, 0.1) is 5.92 Å². The van der Waals surface area contributed by atoms with Crippen LogP contribution in [-0.4, -0.2) is 57.1 Å². The number of carbonyl (C=O) groups excluding carboxylic acids is 4. The molecule has 0 radical (unpaired) electrons. The highest BCUT2D eigenvalue weighted by molar-refractivity contribution is 8.76. The molecule has 3 amide bonds. The van der Waals surface area contributed by atoms with Crippen LogP contribution in [0.25, 0.3) is 0 Å². The van der Waals surface area contributed by atoms with Gasteiger partial charge in [0.25, 0.3) is 11.8 Å². The first-order valence-electron chi connectivity index (χ1n) is 12.7. The molecular formula is C27H31N7O4S2. The highest BCUT2D eigenvalue weighted by Crippen LogP contribution is 2.42. The number of aromatic amines is 1. The molecule has 2 aromatic carbocycles. The number of imidazole rings is 1. The summed E-state index contributed by atoms with van der Waals surface area (Å²) in [7, 11) is 2.80. The number of benzene rings is 2. The second-order valence-electron chi connectivity index (χ2n) is 9.52. The van der Waals surface area contributed by atoms with Gasteiger partial charge >= 0.3 is 0 Å².